The molecule has 4 heteroatoms. The number of ether oxygens (including phenoxy) is 2. The van der Waals surface area contributed by atoms with Crippen LogP contribution in [0.1, 0.15) is 26.7 Å². The summed E-state index contributed by atoms with van der Waals surface area (Å²) in [4.78, 5) is 22.2. The van der Waals surface area contributed by atoms with E-state index < -0.39 is 0 Å². The van der Waals surface area contributed by atoms with Crippen molar-refractivity contribution in [2.24, 2.45) is 5.92 Å². The molecule has 1 saturated heterocycles. The Hall–Kier alpha value is -1.06. The molecule has 2 atom stereocenters. The van der Waals surface area contributed by atoms with Crippen LogP contribution in [-0.2, 0) is 19.1 Å². The van der Waals surface area contributed by atoms with Crippen LogP contribution in [0, 0.1) is 5.92 Å². The second-order valence-corrected chi connectivity index (χ2v) is 3.35. The van der Waals surface area contributed by atoms with E-state index in [-0.39, 0.29) is 37.0 Å². The highest BCUT2D eigenvalue weighted by Gasteiger charge is 2.22. The van der Waals surface area contributed by atoms with Gasteiger partial charge in [0.15, 0.2) is 0 Å². The van der Waals surface area contributed by atoms with Crippen LogP contribution < -0.4 is 0 Å². The normalized spacial score (nSPS) is 30.9. The van der Waals surface area contributed by atoms with E-state index in [0.717, 1.165) is 0 Å². The van der Waals surface area contributed by atoms with Gasteiger partial charge in [-0.15, -0.1) is 0 Å². The Balaban J connectivity index is 2.59. The first-order valence-corrected chi connectivity index (χ1v) is 4.45. The van der Waals surface area contributed by atoms with Gasteiger partial charge in [0.2, 0.25) is 0 Å². The molecule has 0 saturated carbocycles. The summed E-state index contributed by atoms with van der Waals surface area (Å²) in [6.07, 6.45) is 0.487. The molecular weight excluding hydrogens is 172 g/mol. The fourth-order valence-electron chi connectivity index (χ4n) is 1.30. The lowest BCUT2D eigenvalue weighted by Crippen LogP contribution is -2.19. The Labute approximate surface area is 77.2 Å². The molecule has 74 valence electrons. The molecule has 0 aromatic heterocycles. The number of carbonyl (C=O) groups excluding carboxylic acids is 2. The van der Waals surface area contributed by atoms with Gasteiger partial charge in [-0.25, -0.2) is 0 Å². The number of hydrogen-bond acceptors (Lipinski definition) is 4. The van der Waals surface area contributed by atoms with E-state index in [1.54, 1.807) is 13.8 Å². The largest absolute Gasteiger partial charge is 0.465 e. The van der Waals surface area contributed by atoms with E-state index in [4.69, 9.17) is 9.47 Å². The monoisotopic (exact) mass is 186 g/mol. The number of carbonyl (C=O) groups is 2. The standard InChI is InChI=1S/C9H14O4/c1-6-5-7(2)13-8(10)3-4-12-9(6)11/h6-7H,3-5H2,1-2H3/t6?,7-/m0/s1. The van der Waals surface area contributed by atoms with Crippen molar-refractivity contribution in [3.05, 3.63) is 0 Å². The molecule has 0 N–H and O–H groups in total. The third kappa shape index (κ3) is 3.05. The van der Waals surface area contributed by atoms with E-state index in [9.17, 15) is 9.59 Å². The number of hydrogen-bond donors (Lipinski definition) is 0. The molecular formula is C9H14O4. The SMILES string of the molecule is CC1C[C@H](C)OC(=O)CCOC1=O. The minimum absolute atomic E-state index is 0.134. The minimum Gasteiger partial charge on any atom is -0.465 e. The average molecular weight is 186 g/mol. The lowest BCUT2D eigenvalue weighted by molar-refractivity contribution is -0.149. The Morgan fingerprint density at radius 2 is 2.00 bits per heavy atom. The number of esters is 2. The maximum Gasteiger partial charge on any atom is 0.309 e. The van der Waals surface area contributed by atoms with Gasteiger partial charge in [-0.1, -0.05) is 6.92 Å². The van der Waals surface area contributed by atoms with Crippen LogP contribution in [0.2, 0.25) is 0 Å². The Kier molecular flexibility index (Phi) is 3.28. The third-order valence-corrected chi connectivity index (χ3v) is 1.97. The highest BCUT2D eigenvalue weighted by atomic mass is 16.6. The third-order valence-electron chi connectivity index (χ3n) is 1.97. The van der Waals surface area contributed by atoms with E-state index in [2.05, 4.69) is 0 Å². The summed E-state index contributed by atoms with van der Waals surface area (Å²) < 4.78 is 9.87. The second kappa shape index (κ2) is 4.25. The molecule has 1 heterocycles. The molecule has 0 bridgehead atoms. The smallest absolute Gasteiger partial charge is 0.309 e. The zero-order valence-electron chi connectivity index (χ0n) is 7.91. The van der Waals surface area contributed by atoms with E-state index >= 15 is 0 Å². The molecule has 0 aliphatic carbocycles. The van der Waals surface area contributed by atoms with Crippen LogP contribution in [0.15, 0.2) is 0 Å². The van der Waals surface area contributed by atoms with Crippen molar-refractivity contribution in [2.75, 3.05) is 6.61 Å². The molecule has 1 rings (SSSR count). The van der Waals surface area contributed by atoms with E-state index in [1.165, 1.54) is 0 Å². The summed E-state index contributed by atoms with van der Waals surface area (Å²) >= 11 is 0. The predicted molar refractivity (Wildman–Crippen MR) is 44.9 cm³/mol. The van der Waals surface area contributed by atoms with Crippen molar-refractivity contribution < 1.29 is 19.1 Å². The summed E-state index contributed by atoms with van der Waals surface area (Å²) in [6.45, 7) is 3.69. The van der Waals surface area contributed by atoms with Gasteiger partial charge in [0.05, 0.1) is 18.4 Å². The fraction of sp³-hybridized carbons (Fsp3) is 0.778. The van der Waals surface area contributed by atoms with E-state index in [0.29, 0.717) is 6.42 Å². The van der Waals surface area contributed by atoms with Gasteiger partial charge in [0.25, 0.3) is 0 Å². The summed E-state index contributed by atoms with van der Waals surface area (Å²) in [5.74, 6) is -0.736. The first kappa shape index (κ1) is 10.0. The predicted octanol–water partition coefficient (Wildman–Crippen LogP) is 0.891. The van der Waals surface area contributed by atoms with Crippen molar-refractivity contribution in [3.63, 3.8) is 0 Å². The van der Waals surface area contributed by atoms with Crippen molar-refractivity contribution in [3.8, 4) is 0 Å². The number of rotatable bonds is 0. The number of cyclic esters (lactones) is 2. The molecule has 0 radical (unpaired) electrons. The van der Waals surface area contributed by atoms with E-state index in [1.807, 2.05) is 0 Å². The van der Waals surface area contributed by atoms with Gasteiger partial charge >= 0.3 is 11.9 Å². The Morgan fingerprint density at radius 1 is 1.31 bits per heavy atom. The van der Waals surface area contributed by atoms with Gasteiger partial charge in [0, 0.05) is 0 Å². The van der Waals surface area contributed by atoms with Crippen LogP contribution in [0.4, 0.5) is 0 Å². The maximum absolute atomic E-state index is 11.2. The van der Waals surface area contributed by atoms with Crippen LogP contribution >= 0.6 is 0 Å². The van der Waals surface area contributed by atoms with Crippen molar-refractivity contribution >= 4 is 11.9 Å². The van der Waals surface area contributed by atoms with Gasteiger partial charge in [0.1, 0.15) is 6.61 Å². The van der Waals surface area contributed by atoms with Gasteiger partial charge < -0.3 is 9.47 Å². The molecule has 1 aliphatic heterocycles. The zero-order valence-corrected chi connectivity index (χ0v) is 7.91. The van der Waals surface area contributed by atoms with Crippen LogP contribution in [0.5, 0.6) is 0 Å². The maximum atomic E-state index is 11.2. The molecule has 0 aromatic carbocycles. The first-order chi connectivity index (χ1) is 6.09. The van der Waals surface area contributed by atoms with Crippen molar-refractivity contribution in [1.82, 2.24) is 0 Å². The topological polar surface area (TPSA) is 52.6 Å². The van der Waals surface area contributed by atoms with Crippen LogP contribution in [-0.4, -0.2) is 24.6 Å². The molecule has 4 nitrogen and oxygen atoms in total. The molecule has 0 aromatic rings. The molecule has 13 heavy (non-hydrogen) atoms. The molecule has 0 amide bonds. The summed E-state index contributed by atoms with van der Waals surface area (Å²) in [5, 5.41) is 0. The Bertz CT molecular complexity index is 212. The summed E-state index contributed by atoms with van der Waals surface area (Å²) in [7, 11) is 0. The minimum atomic E-state index is -0.297. The molecule has 1 aliphatic rings. The molecule has 1 unspecified atom stereocenters. The lowest BCUT2D eigenvalue weighted by Gasteiger charge is -2.13. The first-order valence-electron chi connectivity index (χ1n) is 4.45. The zero-order chi connectivity index (χ0) is 9.84. The van der Waals surface area contributed by atoms with Gasteiger partial charge in [-0.05, 0) is 13.3 Å². The van der Waals surface area contributed by atoms with Gasteiger partial charge in [-0.3, -0.25) is 9.59 Å². The second-order valence-electron chi connectivity index (χ2n) is 3.35. The van der Waals surface area contributed by atoms with Crippen molar-refractivity contribution in [1.29, 1.82) is 0 Å². The molecule has 0 spiro atoms. The fourth-order valence-corrected chi connectivity index (χ4v) is 1.30. The quantitative estimate of drug-likeness (QED) is 0.527. The van der Waals surface area contributed by atoms with Crippen molar-refractivity contribution in [2.45, 2.75) is 32.8 Å². The van der Waals surface area contributed by atoms with Crippen LogP contribution in [0.25, 0.3) is 0 Å². The summed E-state index contributed by atoms with van der Waals surface area (Å²) in [5.41, 5.74) is 0. The lowest BCUT2D eigenvalue weighted by atomic mass is 10.1. The summed E-state index contributed by atoms with van der Waals surface area (Å²) in [6, 6.07) is 0. The highest BCUT2D eigenvalue weighted by Crippen LogP contribution is 2.13. The average Bonchev–Trinajstić information content (AvgIpc) is 2.06. The Morgan fingerprint density at radius 3 is 2.69 bits per heavy atom. The van der Waals surface area contributed by atoms with Crippen LogP contribution in [0.3, 0.4) is 0 Å². The molecule has 1 fully saturated rings. The highest BCUT2D eigenvalue weighted by molar-refractivity contribution is 5.74. The van der Waals surface area contributed by atoms with Gasteiger partial charge in [-0.2, -0.15) is 0 Å².